The first kappa shape index (κ1) is 14.3. The van der Waals surface area contributed by atoms with Gasteiger partial charge in [-0.25, -0.2) is 4.79 Å². The number of benzene rings is 1. The first-order chi connectivity index (χ1) is 10.2. The Balaban J connectivity index is 1.95. The maximum absolute atomic E-state index is 10.7. The van der Waals surface area contributed by atoms with E-state index in [1.54, 1.807) is 0 Å². The molecule has 10 heteroatoms. The largest absolute Gasteiger partial charge is 0.493 e. The number of carbonyl (C=O) groups is 1. The summed E-state index contributed by atoms with van der Waals surface area (Å²) in [5.74, 6) is -0.532. The molecule has 0 aliphatic heterocycles. The quantitative estimate of drug-likeness (QED) is 0.460. The van der Waals surface area contributed by atoms with Crippen molar-refractivity contribution in [2.45, 2.75) is 12.6 Å². The van der Waals surface area contributed by atoms with Crippen LogP contribution in [0.25, 0.3) is 10.4 Å². The highest BCUT2D eigenvalue weighted by Gasteiger charge is 2.10. The third kappa shape index (κ3) is 4.18. The van der Waals surface area contributed by atoms with Crippen molar-refractivity contribution in [3.63, 3.8) is 0 Å². The number of rotatable bonds is 7. The molecule has 2 rings (SSSR count). The van der Waals surface area contributed by atoms with Gasteiger partial charge in [0.2, 0.25) is 0 Å². The lowest BCUT2D eigenvalue weighted by Crippen LogP contribution is -2.23. The zero-order valence-corrected chi connectivity index (χ0v) is 10.8. The van der Waals surface area contributed by atoms with Gasteiger partial charge in [0.1, 0.15) is 5.75 Å². The first-order valence-corrected chi connectivity index (χ1v) is 5.90. The Morgan fingerprint density at radius 1 is 1.48 bits per heavy atom. The van der Waals surface area contributed by atoms with Gasteiger partial charge in [0, 0.05) is 4.91 Å². The molecule has 21 heavy (non-hydrogen) atoms. The number of aromatic carboxylic acids is 1. The normalized spacial score (nSPS) is 11.4. The second-order valence-electron chi connectivity index (χ2n) is 3.99. The molecule has 0 spiro atoms. The average molecular weight is 289 g/mol. The predicted octanol–water partition coefficient (Wildman–Crippen LogP) is 1.13. The highest BCUT2D eigenvalue weighted by molar-refractivity contribution is 5.87. The van der Waals surface area contributed by atoms with Gasteiger partial charge in [-0.05, 0) is 35.0 Å². The molecule has 108 valence electrons. The summed E-state index contributed by atoms with van der Waals surface area (Å²) in [6.45, 7) is 0.343. The van der Waals surface area contributed by atoms with E-state index in [1.807, 2.05) is 0 Å². The molecule has 0 amide bonds. The van der Waals surface area contributed by atoms with Crippen LogP contribution in [0, 0.1) is 0 Å². The SMILES string of the molecule is [N-]=[N+]=N[C@@H](COc1ccc(C(=O)O)cc1)Cn1ncnn1. The van der Waals surface area contributed by atoms with Crippen LogP contribution in [-0.4, -0.2) is 43.9 Å². The number of carboxylic acid groups (broad SMARTS) is 1. The van der Waals surface area contributed by atoms with Crippen LogP contribution in [0.15, 0.2) is 35.7 Å². The van der Waals surface area contributed by atoms with Gasteiger partial charge in [0.25, 0.3) is 0 Å². The molecule has 10 nitrogen and oxygen atoms in total. The Hall–Kier alpha value is -3.13. The van der Waals surface area contributed by atoms with E-state index in [1.165, 1.54) is 35.4 Å². The van der Waals surface area contributed by atoms with Crippen molar-refractivity contribution in [1.29, 1.82) is 0 Å². The Labute approximate surface area is 118 Å². The summed E-state index contributed by atoms with van der Waals surface area (Å²) in [6, 6.07) is 5.41. The summed E-state index contributed by atoms with van der Waals surface area (Å²) in [5.41, 5.74) is 8.70. The second-order valence-corrected chi connectivity index (χ2v) is 3.99. The van der Waals surface area contributed by atoms with Gasteiger partial charge in [-0.2, -0.15) is 4.80 Å². The second kappa shape index (κ2) is 6.87. The fourth-order valence-electron chi connectivity index (χ4n) is 1.54. The van der Waals surface area contributed by atoms with Gasteiger partial charge in [-0.15, -0.1) is 10.2 Å². The standard InChI is InChI=1S/C11H11N7O3/c12-16-15-9(5-18-14-7-13-17-18)6-21-10-3-1-8(2-4-10)11(19)20/h1-4,7,9H,5-6H2,(H,19,20)/t9-/m1/s1. The van der Waals surface area contributed by atoms with Gasteiger partial charge in [0.15, 0.2) is 6.33 Å². The first-order valence-electron chi connectivity index (χ1n) is 5.90. The summed E-state index contributed by atoms with van der Waals surface area (Å²) in [6.07, 6.45) is 1.28. The Morgan fingerprint density at radius 3 is 2.81 bits per heavy atom. The lowest BCUT2D eigenvalue weighted by atomic mass is 10.2. The van der Waals surface area contributed by atoms with Crippen molar-refractivity contribution < 1.29 is 14.6 Å². The van der Waals surface area contributed by atoms with Crippen LogP contribution < -0.4 is 4.74 Å². The molecule has 1 heterocycles. The van der Waals surface area contributed by atoms with E-state index in [9.17, 15) is 4.79 Å². The highest BCUT2D eigenvalue weighted by atomic mass is 16.5. The summed E-state index contributed by atoms with van der Waals surface area (Å²) >= 11 is 0. The van der Waals surface area contributed by atoms with Gasteiger partial charge in [-0.1, -0.05) is 5.11 Å². The summed E-state index contributed by atoms with van der Waals surface area (Å²) in [4.78, 5) is 14.8. The molecule has 0 saturated carbocycles. The van der Waals surface area contributed by atoms with Gasteiger partial charge >= 0.3 is 5.97 Å². The van der Waals surface area contributed by atoms with Crippen molar-refractivity contribution in [2.75, 3.05) is 6.61 Å². The molecule has 1 atom stereocenters. The monoisotopic (exact) mass is 289 g/mol. The van der Waals surface area contributed by atoms with E-state index in [2.05, 4.69) is 25.4 Å². The Kier molecular flexibility index (Phi) is 4.67. The minimum atomic E-state index is -1.01. The molecule has 0 radical (unpaired) electrons. The Bertz CT molecular complexity index is 634. The van der Waals surface area contributed by atoms with Gasteiger partial charge in [0.05, 0.1) is 24.8 Å². The maximum atomic E-state index is 10.7. The van der Waals surface area contributed by atoms with Crippen LogP contribution in [0.1, 0.15) is 10.4 Å². The molecular weight excluding hydrogens is 278 g/mol. The van der Waals surface area contributed by atoms with Crippen LogP contribution in [0.2, 0.25) is 0 Å². The summed E-state index contributed by atoms with van der Waals surface area (Å²) < 4.78 is 5.46. The number of azide groups is 1. The summed E-state index contributed by atoms with van der Waals surface area (Å²) in [5, 5.41) is 23.4. The molecule has 0 aliphatic rings. The van der Waals surface area contributed by atoms with Crippen molar-refractivity contribution in [3.05, 3.63) is 46.6 Å². The molecular formula is C11H11N7O3. The van der Waals surface area contributed by atoms with Crippen molar-refractivity contribution in [1.82, 2.24) is 20.2 Å². The lowest BCUT2D eigenvalue weighted by molar-refractivity contribution is 0.0697. The van der Waals surface area contributed by atoms with Gasteiger partial charge < -0.3 is 9.84 Å². The fraction of sp³-hybridized carbons (Fsp3) is 0.273. The average Bonchev–Trinajstić information content (AvgIpc) is 2.98. The van der Waals surface area contributed by atoms with Crippen LogP contribution in [0.4, 0.5) is 0 Å². The molecule has 0 bridgehead atoms. The van der Waals surface area contributed by atoms with E-state index >= 15 is 0 Å². The number of hydrogen-bond donors (Lipinski definition) is 1. The van der Waals surface area contributed by atoms with Crippen molar-refractivity contribution in [3.8, 4) is 5.75 Å². The van der Waals surface area contributed by atoms with Crippen LogP contribution in [0.3, 0.4) is 0 Å². The predicted molar refractivity (Wildman–Crippen MR) is 69.6 cm³/mol. The number of hydrogen-bond acceptors (Lipinski definition) is 6. The third-order valence-corrected chi connectivity index (χ3v) is 2.52. The smallest absolute Gasteiger partial charge is 0.335 e. The van der Waals surface area contributed by atoms with Crippen LogP contribution >= 0.6 is 0 Å². The number of aromatic nitrogens is 4. The van der Waals surface area contributed by atoms with E-state index < -0.39 is 12.0 Å². The molecule has 1 aromatic heterocycles. The van der Waals surface area contributed by atoms with E-state index in [0.717, 1.165) is 0 Å². The third-order valence-electron chi connectivity index (χ3n) is 2.52. The lowest BCUT2D eigenvalue weighted by Gasteiger charge is -2.12. The molecule has 0 unspecified atom stereocenters. The van der Waals surface area contributed by atoms with E-state index in [-0.39, 0.29) is 18.7 Å². The molecule has 1 aromatic carbocycles. The van der Waals surface area contributed by atoms with E-state index in [4.69, 9.17) is 15.4 Å². The zero-order chi connectivity index (χ0) is 15.1. The maximum Gasteiger partial charge on any atom is 0.335 e. The molecule has 0 fully saturated rings. The minimum absolute atomic E-state index is 0.109. The Morgan fingerprint density at radius 2 is 2.24 bits per heavy atom. The molecule has 0 saturated heterocycles. The number of nitrogens with zero attached hydrogens (tertiary/aromatic N) is 7. The van der Waals surface area contributed by atoms with Crippen molar-refractivity contribution >= 4 is 5.97 Å². The number of carboxylic acids is 1. The topological polar surface area (TPSA) is 139 Å². The number of ether oxygens (including phenoxy) is 1. The fourth-order valence-corrected chi connectivity index (χ4v) is 1.54. The molecule has 1 N–H and O–H groups in total. The van der Waals surface area contributed by atoms with Gasteiger partial charge in [-0.3, -0.25) is 0 Å². The highest BCUT2D eigenvalue weighted by Crippen LogP contribution is 2.13. The molecule has 2 aromatic rings. The minimum Gasteiger partial charge on any atom is -0.493 e. The van der Waals surface area contributed by atoms with Crippen molar-refractivity contribution in [2.24, 2.45) is 5.11 Å². The molecule has 0 aliphatic carbocycles. The number of tetrazole rings is 1. The van der Waals surface area contributed by atoms with E-state index in [0.29, 0.717) is 5.75 Å². The van der Waals surface area contributed by atoms with Crippen LogP contribution in [-0.2, 0) is 6.54 Å². The summed E-state index contributed by atoms with van der Waals surface area (Å²) in [7, 11) is 0. The zero-order valence-electron chi connectivity index (χ0n) is 10.8. The van der Waals surface area contributed by atoms with Crippen LogP contribution in [0.5, 0.6) is 5.75 Å².